The maximum absolute atomic E-state index is 11.8. The van der Waals surface area contributed by atoms with E-state index in [0.717, 1.165) is 0 Å². The van der Waals surface area contributed by atoms with Crippen LogP contribution in [0, 0.1) is 0 Å². The van der Waals surface area contributed by atoms with Gasteiger partial charge in [-0.05, 0) is 27.4 Å². The van der Waals surface area contributed by atoms with Gasteiger partial charge in [-0.15, -0.1) is 11.3 Å². The van der Waals surface area contributed by atoms with Gasteiger partial charge in [-0.25, -0.2) is 0 Å². The number of nitrogens with one attached hydrogen (secondary N) is 1. The van der Waals surface area contributed by atoms with Gasteiger partial charge in [-0.3, -0.25) is 4.79 Å². The van der Waals surface area contributed by atoms with Crippen molar-refractivity contribution in [2.45, 2.75) is 12.6 Å². The Hall–Kier alpha value is -0.560. The highest BCUT2D eigenvalue weighted by atomic mass is 79.9. The minimum Gasteiger partial charge on any atom is -0.351 e. The van der Waals surface area contributed by atoms with Gasteiger partial charge in [0.2, 0.25) is 0 Å². The molecule has 1 aromatic rings. The van der Waals surface area contributed by atoms with Crippen LogP contribution < -0.4 is 5.32 Å². The molecule has 1 aromatic heterocycles. The molecule has 0 aromatic carbocycles. The highest BCUT2D eigenvalue weighted by Crippen LogP contribution is 2.22. The summed E-state index contributed by atoms with van der Waals surface area (Å²) in [4.78, 5) is 11.7. The van der Waals surface area contributed by atoms with Crippen LogP contribution in [0.5, 0.6) is 0 Å². The summed E-state index contributed by atoms with van der Waals surface area (Å²) in [5.41, 5.74) is 0. The molecule has 84 valence electrons. The number of carbonyl (C=O) groups is 1. The number of carbonyl (C=O) groups excluding carboxylic acids is 1. The molecule has 0 saturated carbocycles. The lowest BCUT2D eigenvalue weighted by molar-refractivity contribution is -0.132. The second-order valence-corrected chi connectivity index (χ2v) is 4.49. The first-order valence-electron chi connectivity index (χ1n) is 3.98. The fraction of sp³-hybridized carbons (Fsp3) is 0.375. The van der Waals surface area contributed by atoms with Crippen molar-refractivity contribution in [1.29, 1.82) is 0 Å². The zero-order valence-corrected chi connectivity index (χ0v) is 9.80. The molecular formula is C8H7BrF3NOS. The number of thiophene rings is 1. The van der Waals surface area contributed by atoms with Crippen molar-refractivity contribution in [2.24, 2.45) is 0 Å². The van der Waals surface area contributed by atoms with E-state index in [2.05, 4.69) is 21.2 Å². The molecule has 7 heteroatoms. The van der Waals surface area contributed by atoms with Crippen molar-refractivity contribution in [3.05, 3.63) is 20.8 Å². The Morgan fingerprint density at radius 3 is 2.67 bits per heavy atom. The third-order valence-electron chi connectivity index (χ3n) is 1.52. The number of rotatable bonds is 3. The normalized spacial score (nSPS) is 11.5. The van der Waals surface area contributed by atoms with Crippen LogP contribution in [-0.2, 0) is 0 Å². The minimum atomic E-state index is -4.24. The summed E-state index contributed by atoms with van der Waals surface area (Å²) in [6, 6.07) is 1.67. The van der Waals surface area contributed by atoms with Crippen LogP contribution in [0.15, 0.2) is 15.9 Å². The Labute approximate surface area is 96.6 Å². The van der Waals surface area contributed by atoms with E-state index in [1.54, 1.807) is 11.4 Å². The first-order valence-corrected chi connectivity index (χ1v) is 5.65. The SMILES string of the molecule is O=C(NCCC(F)(F)F)c1sccc1Br. The van der Waals surface area contributed by atoms with E-state index in [1.807, 2.05) is 0 Å². The predicted octanol–water partition coefficient (Wildman–Crippen LogP) is 3.19. The van der Waals surface area contributed by atoms with Crippen LogP contribution in [0.4, 0.5) is 13.2 Å². The summed E-state index contributed by atoms with van der Waals surface area (Å²) in [7, 11) is 0. The standard InChI is InChI=1S/C8H7BrF3NOS/c9-5-1-4-15-6(5)7(14)13-3-2-8(10,11)12/h1,4H,2-3H2,(H,13,14). The highest BCUT2D eigenvalue weighted by Gasteiger charge is 2.26. The lowest BCUT2D eigenvalue weighted by atomic mass is 10.4. The molecule has 1 amide bonds. The van der Waals surface area contributed by atoms with Gasteiger partial charge in [0.05, 0.1) is 6.42 Å². The zero-order chi connectivity index (χ0) is 11.5. The largest absolute Gasteiger partial charge is 0.390 e. The smallest absolute Gasteiger partial charge is 0.351 e. The van der Waals surface area contributed by atoms with Crippen molar-refractivity contribution in [2.75, 3.05) is 6.54 Å². The van der Waals surface area contributed by atoms with Crippen LogP contribution in [0.3, 0.4) is 0 Å². The Morgan fingerprint density at radius 2 is 2.20 bits per heavy atom. The maximum atomic E-state index is 11.8. The van der Waals surface area contributed by atoms with Gasteiger partial charge < -0.3 is 5.32 Å². The van der Waals surface area contributed by atoms with Gasteiger partial charge in [-0.2, -0.15) is 13.2 Å². The number of alkyl halides is 3. The van der Waals surface area contributed by atoms with Gasteiger partial charge in [0.15, 0.2) is 0 Å². The molecule has 0 saturated heterocycles. The quantitative estimate of drug-likeness (QED) is 0.913. The molecular weight excluding hydrogens is 295 g/mol. The number of hydrogen-bond donors (Lipinski definition) is 1. The van der Waals surface area contributed by atoms with E-state index in [9.17, 15) is 18.0 Å². The number of hydrogen-bond acceptors (Lipinski definition) is 2. The molecule has 0 bridgehead atoms. The Morgan fingerprint density at radius 1 is 1.53 bits per heavy atom. The molecule has 15 heavy (non-hydrogen) atoms. The van der Waals surface area contributed by atoms with E-state index in [1.165, 1.54) is 11.3 Å². The van der Waals surface area contributed by atoms with Crippen LogP contribution in [0.1, 0.15) is 16.1 Å². The van der Waals surface area contributed by atoms with Crippen LogP contribution >= 0.6 is 27.3 Å². The first kappa shape index (κ1) is 12.5. The van der Waals surface area contributed by atoms with Crippen molar-refractivity contribution in [3.63, 3.8) is 0 Å². The second kappa shape index (κ2) is 4.98. The van der Waals surface area contributed by atoms with E-state index in [-0.39, 0.29) is 0 Å². The molecule has 0 aliphatic heterocycles. The van der Waals surface area contributed by atoms with Crippen LogP contribution in [-0.4, -0.2) is 18.6 Å². The second-order valence-electron chi connectivity index (χ2n) is 2.72. The summed E-state index contributed by atoms with van der Waals surface area (Å²) in [5, 5.41) is 3.89. The average Bonchev–Trinajstić information content (AvgIpc) is 2.48. The summed E-state index contributed by atoms with van der Waals surface area (Å²) >= 11 is 4.30. The molecule has 1 rings (SSSR count). The molecule has 0 fully saturated rings. The van der Waals surface area contributed by atoms with Crippen molar-refractivity contribution >= 4 is 33.2 Å². The average molecular weight is 302 g/mol. The van der Waals surface area contributed by atoms with Gasteiger partial charge in [0.25, 0.3) is 5.91 Å². The molecule has 0 unspecified atom stereocenters. The van der Waals surface area contributed by atoms with Gasteiger partial charge in [0.1, 0.15) is 4.88 Å². The van der Waals surface area contributed by atoms with Crippen molar-refractivity contribution in [3.8, 4) is 0 Å². The van der Waals surface area contributed by atoms with Crippen molar-refractivity contribution < 1.29 is 18.0 Å². The Kier molecular flexibility index (Phi) is 4.15. The molecule has 0 aliphatic rings. The number of amides is 1. The van der Waals surface area contributed by atoms with Gasteiger partial charge in [-0.1, -0.05) is 0 Å². The number of halogens is 4. The maximum Gasteiger partial charge on any atom is 0.390 e. The lowest BCUT2D eigenvalue weighted by Gasteiger charge is -2.06. The third-order valence-corrected chi connectivity index (χ3v) is 3.35. The topological polar surface area (TPSA) is 29.1 Å². The fourth-order valence-electron chi connectivity index (χ4n) is 0.854. The summed E-state index contributed by atoms with van der Waals surface area (Å²) in [6.07, 6.45) is -5.25. The monoisotopic (exact) mass is 301 g/mol. The molecule has 1 N–H and O–H groups in total. The summed E-state index contributed by atoms with van der Waals surface area (Å²) < 4.78 is 35.9. The first-order chi connectivity index (χ1) is 6.90. The van der Waals surface area contributed by atoms with Crippen LogP contribution in [0.25, 0.3) is 0 Å². The molecule has 1 heterocycles. The highest BCUT2D eigenvalue weighted by molar-refractivity contribution is 9.10. The molecule has 0 aliphatic carbocycles. The molecule has 0 atom stereocenters. The van der Waals surface area contributed by atoms with E-state index < -0.39 is 25.0 Å². The third kappa shape index (κ3) is 4.21. The zero-order valence-electron chi connectivity index (χ0n) is 7.40. The summed E-state index contributed by atoms with van der Waals surface area (Å²) in [5.74, 6) is -0.485. The lowest BCUT2D eigenvalue weighted by Crippen LogP contribution is -2.27. The fourth-order valence-corrected chi connectivity index (χ4v) is 2.32. The summed E-state index contributed by atoms with van der Waals surface area (Å²) in [6.45, 7) is -0.396. The molecule has 0 radical (unpaired) electrons. The predicted molar refractivity (Wildman–Crippen MR) is 55.0 cm³/mol. The van der Waals surface area contributed by atoms with Gasteiger partial charge in [0, 0.05) is 11.0 Å². The van der Waals surface area contributed by atoms with E-state index >= 15 is 0 Å². The molecule has 2 nitrogen and oxygen atoms in total. The van der Waals surface area contributed by atoms with Gasteiger partial charge >= 0.3 is 6.18 Å². The minimum absolute atomic E-state index is 0.386. The van der Waals surface area contributed by atoms with Crippen LogP contribution in [0.2, 0.25) is 0 Å². The Bertz CT molecular complexity index is 350. The van der Waals surface area contributed by atoms with Crippen molar-refractivity contribution in [1.82, 2.24) is 5.32 Å². The molecule has 0 spiro atoms. The Balaban J connectivity index is 2.41. The van der Waals surface area contributed by atoms with E-state index in [4.69, 9.17) is 0 Å². The van der Waals surface area contributed by atoms with E-state index in [0.29, 0.717) is 9.35 Å².